The predicted octanol–water partition coefficient (Wildman–Crippen LogP) is 2.85. The van der Waals surface area contributed by atoms with E-state index in [-0.39, 0.29) is 12.2 Å². The van der Waals surface area contributed by atoms with Crippen LogP contribution in [0.15, 0.2) is 22.7 Å². The van der Waals surface area contributed by atoms with Crippen LogP contribution in [0.1, 0.15) is 12.0 Å². The van der Waals surface area contributed by atoms with Gasteiger partial charge in [0.15, 0.2) is 0 Å². The maximum absolute atomic E-state index is 12.9. The minimum atomic E-state index is -0.344. The smallest absolute Gasteiger partial charge is 0.138 e. The van der Waals surface area contributed by atoms with Gasteiger partial charge in [0.1, 0.15) is 5.82 Å². The molecule has 0 saturated carbocycles. The van der Waals surface area contributed by atoms with Crippen LogP contribution in [0.25, 0.3) is 0 Å². The van der Waals surface area contributed by atoms with Crippen LogP contribution in [0.5, 0.6) is 0 Å². The van der Waals surface area contributed by atoms with Gasteiger partial charge >= 0.3 is 0 Å². The van der Waals surface area contributed by atoms with Gasteiger partial charge in [-0.1, -0.05) is 11.8 Å². The lowest BCUT2D eigenvalue weighted by molar-refractivity contribution is 0.621. The molecule has 0 saturated heterocycles. The van der Waals surface area contributed by atoms with E-state index < -0.39 is 0 Å². The van der Waals surface area contributed by atoms with Crippen molar-refractivity contribution in [3.05, 3.63) is 34.1 Å². The first kappa shape index (κ1) is 9.77. The zero-order valence-electron chi connectivity index (χ0n) is 6.64. The van der Waals surface area contributed by atoms with E-state index in [4.69, 9.17) is 5.26 Å². The summed E-state index contributed by atoms with van der Waals surface area (Å²) < 4.78 is 13.3. The topological polar surface area (TPSA) is 23.8 Å². The average molecular weight is 238 g/mol. The Balaban J connectivity index is 2.89. The predicted molar refractivity (Wildman–Crippen MR) is 51.2 cm³/mol. The van der Waals surface area contributed by atoms with Gasteiger partial charge in [-0.15, -0.1) is 0 Å². The number of nitrogens with zero attached hydrogens (tertiary/aromatic N) is 1. The molecule has 0 atom stereocenters. The molecule has 0 amide bonds. The molecule has 0 aliphatic carbocycles. The SMILES string of the molecule is N#CCC#Cc1ccc(Br)c(F)c1. The van der Waals surface area contributed by atoms with Crippen LogP contribution in [0.4, 0.5) is 4.39 Å². The first-order valence-corrected chi connectivity index (χ1v) is 4.34. The Morgan fingerprint density at radius 1 is 1.46 bits per heavy atom. The molecular weight excluding hydrogens is 233 g/mol. The minimum absolute atomic E-state index is 0.164. The van der Waals surface area contributed by atoms with Gasteiger partial charge in [-0.25, -0.2) is 4.39 Å². The maximum Gasteiger partial charge on any atom is 0.138 e. The number of rotatable bonds is 0. The second-order valence-corrected chi connectivity index (χ2v) is 3.12. The number of halogens is 2. The van der Waals surface area contributed by atoms with Crippen molar-refractivity contribution in [3.8, 4) is 17.9 Å². The third kappa shape index (κ3) is 2.89. The van der Waals surface area contributed by atoms with Crippen molar-refractivity contribution in [1.82, 2.24) is 0 Å². The van der Waals surface area contributed by atoms with Crippen LogP contribution in [0, 0.1) is 29.0 Å². The highest BCUT2D eigenvalue weighted by Crippen LogP contribution is 2.15. The summed E-state index contributed by atoms with van der Waals surface area (Å²) in [5.74, 6) is 4.94. The van der Waals surface area contributed by atoms with Gasteiger partial charge in [0, 0.05) is 5.56 Å². The summed E-state index contributed by atoms with van der Waals surface area (Å²) in [4.78, 5) is 0. The van der Waals surface area contributed by atoms with E-state index in [1.807, 2.05) is 6.07 Å². The van der Waals surface area contributed by atoms with Crippen molar-refractivity contribution < 1.29 is 4.39 Å². The monoisotopic (exact) mass is 237 g/mol. The first-order valence-electron chi connectivity index (χ1n) is 3.55. The fourth-order valence-corrected chi connectivity index (χ4v) is 1.01. The summed E-state index contributed by atoms with van der Waals surface area (Å²) in [6, 6.07) is 6.50. The molecule has 0 N–H and O–H groups in total. The molecule has 0 bridgehead atoms. The van der Waals surface area contributed by atoms with Gasteiger partial charge in [0.2, 0.25) is 0 Å². The third-order valence-electron chi connectivity index (χ3n) is 1.32. The number of benzene rings is 1. The molecule has 1 rings (SSSR count). The minimum Gasteiger partial charge on any atom is -0.206 e. The third-order valence-corrected chi connectivity index (χ3v) is 1.96. The Morgan fingerprint density at radius 3 is 2.85 bits per heavy atom. The van der Waals surface area contributed by atoms with Crippen LogP contribution in [-0.4, -0.2) is 0 Å². The van der Waals surface area contributed by atoms with E-state index in [2.05, 4.69) is 27.8 Å². The Morgan fingerprint density at radius 2 is 2.23 bits per heavy atom. The van der Waals surface area contributed by atoms with Gasteiger partial charge in [-0.2, -0.15) is 5.26 Å². The van der Waals surface area contributed by atoms with Crippen molar-refractivity contribution in [2.75, 3.05) is 0 Å². The first-order chi connectivity index (χ1) is 6.24. The van der Waals surface area contributed by atoms with Crippen LogP contribution >= 0.6 is 15.9 Å². The zero-order valence-corrected chi connectivity index (χ0v) is 8.23. The Kier molecular flexibility index (Phi) is 3.49. The number of hydrogen-bond donors (Lipinski definition) is 0. The molecule has 0 aromatic heterocycles. The van der Waals surface area contributed by atoms with E-state index in [0.29, 0.717) is 10.0 Å². The van der Waals surface area contributed by atoms with Crippen LogP contribution in [0.3, 0.4) is 0 Å². The fourth-order valence-electron chi connectivity index (χ4n) is 0.760. The summed E-state index contributed by atoms with van der Waals surface area (Å²) in [7, 11) is 0. The molecule has 0 radical (unpaired) electrons. The van der Waals surface area contributed by atoms with Crippen molar-refractivity contribution >= 4 is 15.9 Å². The normalized spacial score (nSPS) is 8.38. The highest BCUT2D eigenvalue weighted by molar-refractivity contribution is 9.10. The maximum atomic E-state index is 12.9. The molecule has 0 spiro atoms. The fraction of sp³-hybridized carbons (Fsp3) is 0.100. The summed E-state index contributed by atoms with van der Waals surface area (Å²) in [6.45, 7) is 0. The summed E-state index contributed by atoms with van der Waals surface area (Å²) in [6.07, 6.45) is 0.164. The molecule has 0 aliphatic heterocycles. The Bertz CT molecular complexity index is 409. The molecule has 0 unspecified atom stereocenters. The molecular formula is C10H5BrFN. The molecule has 1 aromatic rings. The molecule has 0 heterocycles. The van der Waals surface area contributed by atoms with Gasteiger partial charge < -0.3 is 0 Å². The molecule has 0 aliphatic rings. The largest absolute Gasteiger partial charge is 0.206 e. The zero-order chi connectivity index (χ0) is 9.68. The summed E-state index contributed by atoms with van der Waals surface area (Å²) in [5.41, 5.74) is 0.580. The Hall–Kier alpha value is -1.32. The van der Waals surface area contributed by atoms with Crippen molar-refractivity contribution in [2.24, 2.45) is 0 Å². The van der Waals surface area contributed by atoms with Crippen molar-refractivity contribution in [1.29, 1.82) is 5.26 Å². The van der Waals surface area contributed by atoms with E-state index in [1.165, 1.54) is 6.07 Å². The lowest BCUT2D eigenvalue weighted by Gasteiger charge is -1.93. The highest BCUT2D eigenvalue weighted by Gasteiger charge is 1.97. The standard InChI is InChI=1S/C10H5BrFN/c11-9-5-4-8(7-10(9)12)3-1-2-6-13/h4-5,7H,2H2. The molecule has 64 valence electrons. The van der Waals surface area contributed by atoms with E-state index in [9.17, 15) is 4.39 Å². The van der Waals surface area contributed by atoms with Gasteiger partial charge in [-0.3, -0.25) is 0 Å². The van der Waals surface area contributed by atoms with E-state index in [0.717, 1.165) is 0 Å². The van der Waals surface area contributed by atoms with Crippen molar-refractivity contribution in [2.45, 2.75) is 6.42 Å². The lowest BCUT2D eigenvalue weighted by Crippen LogP contribution is -1.79. The summed E-state index contributed by atoms with van der Waals surface area (Å²) >= 11 is 3.04. The van der Waals surface area contributed by atoms with E-state index in [1.54, 1.807) is 12.1 Å². The number of hydrogen-bond acceptors (Lipinski definition) is 1. The van der Waals surface area contributed by atoms with E-state index >= 15 is 0 Å². The second-order valence-electron chi connectivity index (χ2n) is 2.27. The molecule has 1 aromatic carbocycles. The molecule has 1 nitrogen and oxygen atoms in total. The second kappa shape index (κ2) is 4.64. The molecule has 13 heavy (non-hydrogen) atoms. The highest BCUT2D eigenvalue weighted by atomic mass is 79.9. The van der Waals surface area contributed by atoms with Crippen LogP contribution in [-0.2, 0) is 0 Å². The quantitative estimate of drug-likeness (QED) is 0.637. The van der Waals surface area contributed by atoms with Gasteiger partial charge in [0.05, 0.1) is 17.0 Å². The van der Waals surface area contributed by atoms with Crippen LogP contribution < -0.4 is 0 Å². The van der Waals surface area contributed by atoms with Crippen LogP contribution in [0.2, 0.25) is 0 Å². The Labute approximate surface area is 84.3 Å². The van der Waals surface area contributed by atoms with Gasteiger partial charge in [-0.05, 0) is 34.1 Å². The molecule has 3 heteroatoms. The number of nitriles is 1. The lowest BCUT2D eigenvalue weighted by atomic mass is 10.2. The molecule has 0 fully saturated rings. The van der Waals surface area contributed by atoms with Crippen molar-refractivity contribution in [3.63, 3.8) is 0 Å². The summed E-state index contributed by atoms with van der Waals surface area (Å²) in [5, 5.41) is 8.21. The van der Waals surface area contributed by atoms with Gasteiger partial charge in [0.25, 0.3) is 0 Å². The average Bonchev–Trinajstić information content (AvgIpc) is 2.12.